The largest absolute Gasteiger partial charge is 0.456 e. The minimum atomic E-state index is -0.707. The van der Waals surface area contributed by atoms with E-state index in [1.807, 2.05) is 6.92 Å². The van der Waals surface area contributed by atoms with E-state index in [0.717, 1.165) is 12.8 Å². The Hall–Kier alpha value is -0.990. The van der Waals surface area contributed by atoms with Crippen LogP contribution in [-0.4, -0.2) is 11.8 Å². The lowest BCUT2D eigenvalue weighted by Gasteiger charge is -2.47. The number of carbonyl (C=O) groups is 1. The maximum Gasteiger partial charge on any atom is 0.337 e. The highest BCUT2D eigenvalue weighted by Crippen LogP contribution is 2.46. The van der Waals surface area contributed by atoms with Crippen molar-refractivity contribution in [2.24, 2.45) is 17.8 Å². The molecule has 0 bridgehead atoms. The molecule has 2 rings (SSSR count). The molecule has 0 unspecified atom stereocenters. The molecule has 17 heavy (non-hydrogen) atoms. The molecule has 96 valence electrons. The first-order chi connectivity index (χ1) is 7.93. The third-order valence-electron chi connectivity index (χ3n) is 3.90. The second kappa shape index (κ2) is 4.35. The molecule has 1 spiro atoms. The first-order valence-electron chi connectivity index (χ1n) is 6.53. The molecule has 1 aliphatic carbocycles. The summed E-state index contributed by atoms with van der Waals surface area (Å²) in [6, 6.07) is 0. The number of allylic oxidation sites excluding steroid dienone is 1. The second-order valence-electron chi connectivity index (χ2n) is 5.83. The van der Waals surface area contributed by atoms with Crippen LogP contribution in [0.15, 0.2) is 11.8 Å². The van der Waals surface area contributed by atoms with Gasteiger partial charge in [-0.05, 0) is 31.6 Å². The molecule has 3 nitrogen and oxygen atoms in total. The summed E-state index contributed by atoms with van der Waals surface area (Å²) in [6.45, 7) is 8.38. The molecular formula is C14H22O3. The molecule has 1 fully saturated rings. The van der Waals surface area contributed by atoms with E-state index >= 15 is 0 Å². The van der Waals surface area contributed by atoms with Crippen molar-refractivity contribution in [2.45, 2.75) is 52.7 Å². The monoisotopic (exact) mass is 238 g/mol. The van der Waals surface area contributed by atoms with Crippen molar-refractivity contribution in [1.82, 2.24) is 0 Å². The smallest absolute Gasteiger partial charge is 0.337 e. The zero-order chi connectivity index (χ0) is 12.6. The van der Waals surface area contributed by atoms with Crippen LogP contribution in [0.4, 0.5) is 0 Å². The quantitative estimate of drug-likeness (QED) is 0.658. The molecule has 3 atom stereocenters. The van der Waals surface area contributed by atoms with E-state index in [9.17, 15) is 4.79 Å². The van der Waals surface area contributed by atoms with Gasteiger partial charge >= 0.3 is 5.97 Å². The topological polar surface area (TPSA) is 35.5 Å². The van der Waals surface area contributed by atoms with E-state index in [-0.39, 0.29) is 5.97 Å². The van der Waals surface area contributed by atoms with Crippen molar-refractivity contribution >= 4 is 5.97 Å². The predicted octanol–water partition coefficient (Wildman–Crippen LogP) is 3.25. The van der Waals surface area contributed by atoms with Gasteiger partial charge in [-0.2, -0.15) is 0 Å². The van der Waals surface area contributed by atoms with Gasteiger partial charge in [0, 0.05) is 12.3 Å². The van der Waals surface area contributed by atoms with Crippen LogP contribution in [-0.2, 0) is 14.3 Å². The Bertz CT molecular complexity index is 345. The van der Waals surface area contributed by atoms with Crippen molar-refractivity contribution in [3.8, 4) is 0 Å². The Labute approximate surface area is 103 Å². The highest BCUT2D eigenvalue weighted by molar-refractivity contribution is 5.83. The van der Waals surface area contributed by atoms with Gasteiger partial charge in [-0.15, -0.1) is 0 Å². The van der Waals surface area contributed by atoms with Crippen LogP contribution in [0.25, 0.3) is 0 Å². The molecular weight excluding hydrogens is 216 g/mol. The van der Waals surface area contributed by atoms with Crippen LogP contribution in [0.2, 0.25) is 0 Å². The minimum absolute atomic E-state index is 0.256. The van der Waals surface area contributed by atoms with Crippen LogP contribution in [0.5, 0.6) is 0 Å². The fourth-order valence-electron chi connectivity index (χ4n) is 3.19. The van der Waals surface area contributed by atoms with Gasteiger partial charge in [-0.1, -0.05) is 20.8 Å². The summed E-state index contributed by atoms with van der Waals surface area (Å²) in [5, 5.41) is 0. The van der Waals surface area contributed by atoms with Crippen LogP contribution in [0, 0.1) is 17.8 Å². The van der Waals surface area contributed by atoms with Crippen molar-refractivity contribution in [2.75, 3.05) is 0 Å². The molecule has 0 saturated heterocycles. The van der Waals surface area contributed by atoms with Gasteiger partial charge in [-0.3, -0.25) is 0 Å². The SMILES string of the molecule is CC1=CC(=O)O[C@@]2(C[C@H](C)CC[C@H]2C(C)C)O1. The van der Waals surface area contributed by atoms with E-state index in [2.05, 4.69) is 20.8 Å². The fraction of sp³-hybridized carbons (Fsp3) is 0.786. The van der Waals surface area contributed by atoms with E-state index in [1.165, 1.54) is 12.5 Å². The number of hydrogen-bond acceptors (Lipinski definition) is 3. The summed E-state index contributed by atoms with van der Waals surface area (Å²) in [5.41, 5.74) is 0. The van der Waals surface area contributed by atoms with Gasteiger partial charge in [0.05, 0.1) is 6.08 Å². The Morgan fingerprint density at radius 3 is 2.65 bits per heavy atom. The number of carbonyl (C=O) groups excluding carboxylic acids is 1. The van der Waals surface area contributed by atoms with Crippen molar-refractivity contribution < 1.29 is 14.3 Å². The third kappa shape index (κ3) is 2.33. The minimum Gasteiger partial charge on any atom is -0.456 e. The van der Waals surface area contributed by atoms with E-state index in [4.69, 9.17) is 9.47 Å². The molecule has 0 amide bonds. The summed E-state index contributed by atoms with van der Waals surface area (Å²) in [6.07, 6.45) is 4.50. The number of ether oxygens (including phenoxy) is 2. The molecule has 2 aliphatic rings. The molecule has 1 heterocycles. The lowest BCUT2D eigenvalue weighted by molar-refractivity contribution is -0.267. The predicted molar refractivity (Wildman–Crippen MR) is 65.0 cm³/mol. The Morgan fingerprint density at radius 2 is 2.06 bits per heavy atom. The Morgan fingerprint density at radius 1 is 1.35 bits per heavy atom. The van der Waals surface area contributed by atoms with Crippen LogP contribution < -0.4 is 0 Å². The standard InChI is InChI=1S/C14H22O3/c1-9(2)12-6-5-10(3)8-14(12)16-11(4)7-13(15)17-14/h7,9-10,12H,5-6,8H2,1-4H3/t10-,12+,14-/m1/s1. The van der Waals surface area contributed by atoms with E-state index in [1.54, 1.807) is 0 Å². The molecule has 0 N–H and O–H groups in total. The average molecular weight is 238 g/mol. The van der Waals surface area contributed by atoms with Crippen LogP contribution in [0.1, 0.15) is 47.0 Å². The van der Waals surface area contributed by atoms with Crippen LogP contribution in [0.3, 0.4) is 0 Å². The molecule has 0 radical (unpaired) electrons. The molecule has 0 aromatic heterocycles. The summed E-state index contributed by atoms with van der Waals surface area (Å²) >= 11 is 0. The average Bonchev–Trinajstić information content (AvgIpc) is 2.13. The lowest BCUT2D eigenvalue weighted by Crippen LogP contribution is -2.52. The molecule has 1 saturated carbocycles. The van der Waals surface area contributed by atoms with Crippen molar-refractivity contribution in [3.63, 3.8) is 0 Å². The molecule has 0 aromatic carbocycles. The van der Waals surface area contributed by atoms with Gasteiger partial charge in [-0.25, -0.2) is 4.79 Å². The van der Waals surface area contributed by atoms with Gasteiger partial charge in [0.1, 0.15) is 5.76 Å². The lowest BCUT2D eigenvalue weighted by atomic mass is 9.72. The summed E-state index contributed by atoms with van der Waals surface area (Å²) < 4.78 is 11.5. The maximum atomic E-state index is 11.6. The summed E-state index contributed by atoms with van der Waals surface area (Å²) in [4.78, 5) is 11.6. The summed E-state index contributed by atoms with van der Waals surface area (Å²) in [5.74, 6) is 1.02. The third-order valence-corrected chi connectivity index (χ3v) is 3.90. The van der Waals surface area contributed by atoms with Gasteiger partial charge in [0.25, 0.3) is 5.79 Å². The molecule has 3 heteroatoms. The van der Waals surface area contributed by atoms with Crippen molar-refractivity contribution in [3.05, 3.63) is 11.8 Å². The number of esters is 1. The van der Waals surface area contributed by atoms with Gasteiger partial charge < -0.3 is 9.47 Å². The number of rotatable bonds is 1. The first-order valence-corrected chi connectivity index (χ1v) is 6.53. The molecule has 0 aromatic rings. The first kappa shape index (κ1) is 12.5. The Kier molecular flexibility index (Phi) is 3.19. The highest BCUT2D eigenvalue weighted by Gasteiger charge is 2.51. The van der Waals surface area contributed by atoms with Gasteiger partial charge in [0.2, 0.25) is 0 Å². The van der Waals surface area contributed by atoms with Crippen molar-refractivity contribution in [1.29, 1.82) is 0 Å². The Balaban J connectivity index is 2.30. The van der Waals surface area contributed by atoms with Gasteiger partial charge in [0.15, 0.2) is 0 Å². The highest BCUT2D eigenvalue weighted by atomic mass is 16.7. The molecule has 1 aliphatic heterocycles. The normalized spacial score (nSPS) is 37.7. The number of hydrogen-bond donors (Lipinski definition) is 0. The second-order valence-corrected chi connectivity index (χ2v) is 5.83. The maximum absolute atomic E-state index is 11.6. The zero-order valence-electron chi connectivity index (χ0n) is 11.2. The van der Waals surface area contributed by atoms with Crippen LogP contribution >= 0.6 is 0 Å². The summed E-state index contributed by atoms with van der Waals surface area (Å²) in [7, 11) is 0. The van der Waals surface area contributed by atoms with E-state index < -0.39 is 5.79 Å². The fourth-order valence-corrected chi connectivity index (χ4v) is 3.19. The zero-order valence-corrected chi connectivity index (χ0v) is 11.2. The van der Waals surface area contributed by atoms with E-state index in [0.29, 0.717) is 23.5 Å².